The number of hydrogen-bond acceptors (Lipinski definition) is 3. The fourth-order valence-electron chi connectivity index (χ4n) is 2.67. The summed E-state index contributed by atoms with van der Waals surface area (Å²) in [6, 6.07) is 1.97. The van der Waals surface area contributed by atoms with Gasteiger partial charge in [0, 0.05) is 31.4 Å². The van der Waals surface area contributed by atoms with E-state index in [1.807, 2.05) is 24.1 Å². The van der Waals surface area contributed by atoms with Gasteiger partial charge in [-0.25, -0.2) is 0 Å². The number of amides is 1. The van der Waals surface area contributed by atoms with Crippen molar-refractivity contribution in [3.63, 3.8) is 0 Å². The van der Waals surface area contributed by atoms with Gasteiger partial charge >= 0.3 is 0 Å². The highest BCUT2D eigenvalue weighted by Gasteiger charge is 2.35. The first-order valence-electron chi connectivity index (χ1n) is 6.60. The third-order valence-corrected chi connectivity index (χ3v) is 3.62. The lowest BCUT2D eigenvalue weighted by molar-refractivity contribution is -0.137. The van der Waals surface area contributed by atoms with Crippen molar-refractivity contribution >= 4 is 5.91 Å². The number of hydrogen-bond donors (Lipinski definition) is 1. The van der Waals surface area contributed by atoms with Crippen LogP contribution in [-0.2, 0) is 4.79 Å². The molecule has 0 saturated carbocycles. The van der Waals surface area contributed by atoms with Gasteiger partial charge in [0.15, 0.2) is 0 Å². The van der Waals surface area contributed by atoms with Crippen LogP contribution in [0.15, 0.2) is 18.5 Å². The number of rotatable bonds is 3. The van der Waals surface area contributed by atoms with Crippen LogP contribution in [0, 0.1) is 6.92 Å². The minimum atomic E-state index is -0.0140. The second-order valence-corrected chi connectivity index (χ2v) is 4.97. The number of pyridine rings is 1. The van der Waals surface area contributed by atoms with Crippen LogP contribution in [0.5, 0.6) is 0 Å². The second kappa shape index (κ2) is 5.48. The van der Waals surface area contributed by atoms with Gasteiger partial charge in [0.2, 0.25) is 5.91 Å². The molecule has 0 aliphatic carbocycles. The number of carbonyl (C=O) groups excluding carboxylic acids is 1. The Hall–Kier alpha value is -1.42. The Balaban J connectivity index is 2.36. The lowest BCUT2D eigenvalue weighted by atomic mass is 9.89. The van der Waals surface area contributed by atoms with Gasteiger partial charge in [0.1, 0.15) is 0 Å². The summed E-state index contributed by atoms with van der Waals surface area (Å²) in [7, 11) is 0. The van der Waals surface area contributed by atoms with Gasteiger partial charge in [-0.05, 0) is 37.0 Å². The van der Waals surface area contributed by atoms with Crippen LogP contribution in [0.2, 0.25) is 0 Å². The summed E-state index contributed by atoms with van der Waals surface area (Å²) < 4.78 is 0. The van der Waals surface area contributed by atoms with E-state index in [2.05, 4.69) is 11.9 Å². The first-order chi connectivity index (χ1) is 8.65. The molecule has 1 aliphatic heterocycles. The van der Waals surface area contributed by atoms with E-state index in [0.717, 1.165) is 30.5 Å². The third-order valence-electron chi connectivity index (χ3n) is 3.62. The van der Waals surface area contributed by atoms with E-state index in [1.165, 1.54) is 0 Å². The Morgan fingerprint density at radius 1 is 1.56 bits per heavy atom. The molecule has 1 aromatic heterocycles. The zero-order valence-corrected chi connectivity index (χ0v) is 11.1. The molecule has 0 radical (unpaired) electrons. The molecule has 2 rings (SSSR count). The summed E-state index contributed by atoms with van der Waals surface area (Å²) >= 11 is 0. The molecule has 1 saturated heterocycles. The molecule has 1 amide bonds. The van der Waals surface area contributed by atoms with E-state index in [1.54, 1.807) is 6.20 Å². The first-order valence-corrected chi connectivity index (χ1v) is 6.60. The number of carbonyl (C=O) groups is 1. The van der Waals surface area contributed by atoms with E-state index in [9.17, 15) is 4.79 Å². The minimum Gasteiger partial charge on any atom is -0.334 e. The van der Waals surface area contributed by atoms with Crippen LogP contribution in [0.1, 0.15) is 43.4 Å². The topological polar surface area (TPSA) is 59.2 Å². The molecule has 4 heteroatoms. The summed E-state index contributed by atoms with van der Waals surface area (Å²) in [6.45, 7) is 4.90. The maximum atomic E-state index is 12.1. The van der Waals surface area contributed by atoms with E-state index < -0.39 is 0 Å². The largest absolute Gasteiger partial charge is 0.334 e. The van der Waals surface area contributed by atoms with Gasteiger partial charge in [-0.2, -0.15) is 0 Å². The zero-order chi connectivity index (χ0) is 13.1. The lowest BCUT2D eigenvalue weighted by Crippen LogP contribution is -2.49. The van der Waals surface area contributed by atoms with E-state index in [4.69, 9.17) is 5.73 Å². The molecule has 0 spiro atoms. The average Bonchev–Trinajstić information content (AvgIpc) is 2.36. The van der Waals surface area contributed by atoms with Crippen molar-refractivity contribution in [2.24, 2.45) is 5.73 Å². The summed E-state index contributed by atoms with van der Waals surface area (Å²) in [6.07, 6.45) is 5.91. The SMILES string of the molecule is CCCN1C(=O)CCC(N)C1c1cnccc1C. The van der Waals surface area contributed by atoms with Gasteiger partial charge in [-0.1, -0.05) is 6.92 Å². The number of nitrogens with two attached hydrogens (primary N) is 1. The third kappa shape index (κ3) is 2.38. The van der Waals surface area contributed by atoms with Crippen LogP contribution in [0.4, 0.5) is 0 Å². The fourth-order valence-corrected chi connectivity index (χ4v) is 2.67. The standard InChI is InChI=1S/C14H21N3O/c1-3-8-17-13(18)5-4-12(15)14(17)11-9-16-7-6-10(11)2/h6-7,9,12,14H,3-5,8,15H2,1-2H3. The van der Waals surface area contributed by atoms with Crippen molar-refractivity contribution < 1.29 is 4.79 Å². The molecule has 1 aliphatic rings. The zero-order valence-electron chi connectivity index (χ0n) is 11.1. The number of nitrogens with zero attached hydrogens (tertiary/aromatic N) is 2. The van der Waals surface area contributed by atoms with Gasteiger partial charge in [-0.3, -0.25) is 9.78 Å². The Morgan fingerprint density at radius 2 is 2.33 bits per heavy atom. The van der Waals surface area contributed by atoms with E-state index in [-0.39, 0.29) is 18.0 Å². The van der Waals surface area contributed by atoms with Crippen LogP contribution in [-0.4, -0.2) is 28.4 Å². The van der Waals surface area contributed by atoms with Gasteiger partial charge in [0.25, 0.3) is 0 Å². The van der Waals surface area contributed by atoms with Gasteiger partial charge in [-0.15, -0.1) is 0 Å². The molecule has 2 heterocycles. The van der Waals surface area contributed by atoms with E-state index in [0.29, 0.717) is 6.42 Å². The summed E-state index contributed by atoms with van der Waals surface area (Å²) in [4.78, 5) is 18.2. The Bertz CT molecular complexity index is 433. The van der Waals surface area contributed by atoms with Crippen molar-refractivity contribution in [2.45, 2.75) is 45.2 Å². The highest BCUT2D eigenvalue weighted by molar-refractivity contribution is 5.78. The average molecular weight is 247 g/mol. The van der Waals surface area contributed by atoms with Crippen LogP contribution in [0.3, 0.4) is 0 Å². The van der Waals surface area contributed by atoms with Gasteiger partial charge in [0.05, 0.1) is 6.04 Å². The Kier molecular flexibility index (Phi) is 3.97. The number of aryl methyl sites for hydroxylation is 1. The molecule has 98 valence electrons. The summed E-state index contributed by atoms with van der Waals surface area (Å²) in [5.74, 6) is 0.215. The molecule has 0 bridgehead atoms. The summed E-state index contributed by atoms with van der Waals surface area (Å²) in [5.41, 5.74) is 8.48. The molecular weight excluding hydrogens is 226 g/mol. The molecule has 18 heavy (non-hydrogen) atoms. The van der Waals surface area contributed by atoms with Crippen molar-refractivity contribution in [1.82, 2.24) is 9.88 Å². The first kappa shape index (κ1) is 13.0. The Morgan fingerprint density at radius 3 is 3.00 bits per heavy atom. The fraction of sp³-hybridized carbons (Fsp3) is 0.571. The maximum absolute atomic E-state index is 12.1. The number of aromatic nitrogens is 1. The molecule has 2 N–H and O–H groups in total. The van der Waals surface area contributed by atoms with Gasteiger partial charge < -0.3 is 10.6 Å². The van der Waals surface area contributed by atoms with Crippen molar-refractivity contribution in [1.29, 1.82) is 0 Å². The predicted octanol–water partition coefficient (Wildman–Crippen LogP) is 1.79. The quantitative estimate of drug-likeness (QED) is 0.886. The molecule has 4 nitrogen and oxygen atoms in total. The molecule has 1 fully saturated rings. The smallest absolute Gasteiger partial charge is 0.223 e. The summed E-state index contributed by atoms with van der Waals surface area (Å²) in [5, 5.41) is 0. The van der Waals surface area contributed by atoms with Crippen molar-refractivity contribution in [2.75, 3.05) is 6.54 Å². The van der Waals surface area contributed by atoms with Crippen molar-refractivity contribution in [3.8, 4) is 0 Å². The number of likely N-dealkylation sites (tertiary alicyclic amines) is 1. The maximum Gasteiger partial charge on any atom is 0.223 e. The molecule has 1 aromatic rings. The van der Waals surface area contributed by atoms with Crippen LogP contribution in [0.25, 0.3) is 0 Å². The number of piperidine rings is 1. The Labute approximate surface area is 108 Å². The molecular formula is C14H21N3O. The van der Waals surface area contributed by atoms with Crippen molar-refractivity contribution in [3.05, 3.63) is 29.6 Å². The lowest BCUT2D eigenvalue weighted by Gasteiger charge is -2.40. The molecule has 0 aromatic carbocycles. The minimum absolute atomic E-state index is 0.0112. The monoisotopic (exact) mass is 247 g/mol. The van der Waals surface area contributed by atoms with E-state index >= 15 is 0 Å². The van der Waals surface area contributed by atoms with Crippen LogP contribution >= 0.6 is 0 Å². The molecule has 2 atom stereocenters. The van der Waals surface area contributed by atoms with Crippen LogP contribution < -0.4 is 5.73 Å². The highest BCUT2D eigenvalue weighted by Crippen LogP contribution is 2.32. The normalized spacial score (nSPS) is 24.4. The highest BCUT2D eigenvalue weighted by atomic mass is 16.2. The second-order valence-electron chi connectivity index (χ2n) is 4.97. The molecule has 2 unspecified atom stereocenters. The predicted molar refractivity (Wildman–Crippen MR) is 70.9 cm³/mol.